The molecule has 2 aromatic heterocycles. The second-order valence-electron chi connectivity index (χ2n) is 3.00. The summed E-state index contributed by atoms with van der Waals surface area (Å²) in [6, 6.07) is 7.33. The molecule has 0 aliphatic rings. The predicted molar refractivity (Wildman–Crippen MR) is 56.4 cm³/mol. The molecule has 2 aromatic rings. The maximum absolute atomic E-state index is 5.50. The van der Waals surface area contributed by atoms with E-state index in [0.717, 1.165) is 5.56 Å². The first kappa shape index (κ1) is 9.61. The Balaban J connectivity index is 2.17. The van der Waals surface area contributed by atoms with Crippen LogP contribution in [0.4, 0.5) is 0 Å². The van der Waals surface area contributed by atoms with Gasteiger partial charge in [0.1, 0.15) is 5.75 Å². The van der Waals surface area contributed by atoms with Crippen molar-refractivity contribution in [3.05, 3.63) is 48.4 Å². The Kier molecular flexibility index (Phi) is 2.90. The molecule has 0 saturated heterocycles. The van der Waals surface area contributed by atoms with E-state index in [1.54, 1.807) is 24.7 Å². The number of pyridine rings is 2. The highest BCUT2D eigenvalue weighted by atomic mass is 16.5. The molecule has 2 rings (SSSR count). The van der Waals surface area contributed by atoms with Crippen LogP contribution in [0.3, 0.4) is 0 Å². The topological polar surface area (TPSA) is 61.0 Å². The van der Waals surface area contributed by atoms with Crippen molar-refractivity contribution >= 4 is 0 Å². The summed E-state index contributed by atoms with van der Waals surface area (Å²) in [6.45, 7) is 0.451. The molecule has 15 heavy (non-hydrogen) atoms. The van der Waals surface area contributed by atoms with Crippen LogP contribution in [0.15, 0.2) is 42.9 Å². The maximum atomic E-state index is 5.50. The Bertz CT molecular complexity index is 431. The lowest BCUT2D eigenvalue weighted by Gasteiger charge is -2.04. The fourth-order valence-electron chi connectivity index (χ4n) is 1.16. The molecule has 0 atom stereocenters. The summed E-state index contributed by atoms with van der Waals surface area (Å²) in [5.74, 6) is 1.20. The smallest absolute Gasteiger partial charge is 0.219 e. The number of hydrogen-bond acceptors (Lipinski definition) is 4. The molecule has 4 heteroatoms. The molecule has 0 amide bonds. The Morgan fingerprint density at radius 3 is 2.93 bits per heavy atom. The van der Waals surface area contributed by atoms with Gasteiger partial charge >= 0.3 is 0 Å². The molecule has 0 aromatic carbocycles. The van der Waals surface area contributed by atoms with Crippen LogP contribution in [0.1, 0.15) is 5.56 Å². The largest absolute Gasteiger partial charge is 0.437 e. The van der Waals surface area contributed by atoms with Gasteiger partial charge in [0.15, 0.2) is 0 Å². The maximum Gasteiger partial charge on any atom is 0.219 e. The van der Waals surface area contributed by atoms with Crippen LogP contribution in [0, 0.1) is 0 Å². The van der Waals surface area contributed by atoms with Gasteiger partial charge in [-0.25, -0.2) is 4.98 Å². The van der Waals surface area contributed by atoms with E-state index in [0.29, 0.717) is 18.2 Å². The highest BCUT2D eigenvalue weighted by Gasteiger charge is 1.98. The van der Waals surface area contributed by atoms with Gasteiger partial charge in [-0.15, -0.1) is 0 Å². The summed E-state index contributed by atoms with van der Waals surface area (Å²) in [6.07, 6.45) is 5.02. The highest BCUT2D eigenvalue weighted by Crippen LogP contribution is 2.18. The van der Waals surface area contributed by atoms with E-state index in [2.05, 4.69) is 9.97 Å². The molecule has 0 unspecified atom stereocenters. The normalized spacial score (nSPS) is 9.93. The third-order valence-corrected chi connectivity index (χ3v) is 1.87. The third-order valence-electron chi connectivity index (χ3n) is 1.87. The van der Waals surface area contributed by atoms with Gasteiger partial charge in [0.2, 0.25) is 5.88 Å². The van der Waals surface area contributed by atoms with Gasteiger partial charge in [-0.2, -0.15) is 0 Å². The molecule has 4 nitrogen and oxygen atoms in total. The Hall–Kier alpha value is -1.94. The van der Waals surface area contributed by atoms with Crippen LogP contribution in [0.2, 0.25) is 0 Å². The second-order valence-corrected chi connectivity index (χ2v) is 3.00. The summed E-state index contributed by atoms with van der Waals surface area (Å²) in [7, 11) is 0. The van der Waals surface area contributed by atoms with E-state index in [1.807, 2.05) is 18.2 Å². The summed E-state index contributed by atoms with van der Waals surface area (Å²) in [4.78, 5) is 8.07. The lowest BCUT2D eigenvalue weighted by Crippen LogP contribution is -1.97. The van der Waals surface area contributed by atoms with Gasteiger partial charge < -0.3 is 10.5 Å². The Morgan fingerprint density at radius 2 is 2.20 bits per heavy atom. The van der Waals surface area contributed by atoms with Crippen molar-refractivity contribution in [2.45, 2.75) is 6.54 Å². The van der Waals surface area contributed by atoms with E-state index in [4.69, 9.17) is 10.5 Å². The lowest BCUT2D eigenvalue weighted by atomic mass is 10.3. The summed E-state index contributed by atoms with van der Waals surface area (Å²) in [5.41, 5.74) is 6.43. The lowest BCUT2D eigenvalue weighted by molar-refractivity contribution is 0.460. The van der Waals surface area contributed by atoms with E-state index in [1.165, 1.54) is 0 Å². The van der Waals surface area contributed by atoms with Gasteiger partial charge in [0, 0.05) is 25.0 Å². The van der Waals surface area contributed by atoms with Crippen molar-refractivity contribution in [3.8, 4) is 11.6 Å². The van der Waals surface area contributed by atoms with Gasteiger partial charge in [-0.1, -0.05) is 6.07 Å². The minimum absolute atomic E-state index is 0.451. The van der Waals surface area contributed by atoms with Crippen molar-refractivity contribution in [3.63, 3.8) is 0 Å². The van der Waals surface area contributed by atoms with E-state index in [9.17, 15) is 0 Å². The van der Waals surface area contributed by atoms with Crippen LogP contribution < -0.4 is 10.5 Å². The summed E-state index contributed by atoms with van der Waals surface area (Å²) in [5, 5.41) is 0. The van der Waals surface area contributed by atoms with Crippen LogP contribution in [-0.2, 0) is 6.54 Å². The number of nitrogens with zero attached hydrogens (tertiary/aromatic N) is 2. The van der Waals surface area contributed by atoms with E-state index in [-0.39, 0.29) is 0 Å². The molecule has 0 aliphatic heterocycles. The molecule has 0 saturated carbocycles. The zero-order valence-electron chi connectivity index (χ0n) is 8.13. The number of nitrogens with two attached hydrogens (primary N) is 1. The zero-order chi connectivity index (χ0) is 10.5. The fraction of sp³-hybridized carbons (Fsp3) is 0.0909. The van der Waals surface area contributed by atoms with Crippen LogP contribution >= 0.6 is 0 Å². The van der Waals surface area contributed by atoms with Gasteiger partial charge in [0.05, 0.1) is 6.20 Å². The van der Waals surface area contributed by atoms with Crippen LogP contribution in [0.25, 0.3) is 0 Å². The van der Waals surface area contributed by atoms with Gasteiger partial charge in [-0.05, 0) is 17.7 Å². The third kappa shape index (κ3) is 2.51. The second kappa shape index (κ2) is 4.52. The molecule has 0 spiro atoms. The molecule has 0 radical (unpaired) electrons. The quantitative estimate of drug-likeness (QED) is 0.821. The number of aromatic nitrogens is 2. The first-order valence-electron chi connectivity index (χ1n) is 4.61. The van der Waals surface area contributed by atoms with Crippen LogP contribution in [-0.4, -0.2) is 9.97 Å². The summed E-state index contributed by atoms with van der Waals surface area (Å²) < 4.78 is 5.49. The average molecular weight is 201 g/mol. The number of rotatable bonds is 3. The molecule has 76 valence electrons. The van der Waals surface area contributed by atoms with Crippen molar-refractivity contribution in [1.82, 2.24) is 9.97 Å². The van der Waals surface area contributed by atoms with Crippen molar-refractivity contribution in [2.24, 2.45) is 5.73 Å². The predicted octanol–water partition coefficient (Wildman–Crippen LogP) is 1.73. The minimum atomic E-state index is 0.451. The van der Waals surface area contributed by atoms with Crippen molar-refractivity contribution < 1.29 is 4.74 Å². The van der Waals surface area contributed by atoms with Crippen molar-refractivity contribution in [1.29, 1.82) is 0 Å². The highest BCUT2D eigenvalue weighted by molar-refractivity contribution is 5.27. The molecule has 0 fully saturated rings. The number of ether oxygens (including phenoxy) is 1. The molecule has 0 aliphatic carbocycles. The van der Waals surface area contributed by atoms with Gasteiger partial charge in [0.25, 0.3) is 0 Å². The molecular formula is C11H11N3O. The van der Waals surface area contributed by atoms with E-state index < -0.39 is 0 Å². The monoisotopic (exact) mass is 201 g/mol. The Morgan fingerprint density at radius 1 is 1.27 bits per heavy atom. The molecule has 2 heterocycles. The van der Waals surface area contributed by atoms with Crippen LogP contribution in [0.5, 0.6) is 11.6 Å². The minimum Gasteiger partial charge on any atom is -0.437 e. The Labute approximate surface area is 87.7 Å². The number of hydrogen-bond donors (Lipinski definition) is 1. The molecule has 2 N–H and O–H groups in total. The fourth-order valence-corrected chi connectivity index (χ4v) is 1.16. The van der Waals surface area contributed by atoms with Crippen molar-refractivity contribution in [2.75, 3.05) is 0 Å². The molecule has 0 bridgehead atoms. The summed E-state index contributed by atoms with van der Waals surface area (Å²) >= 11 is 0. The molecular weight excluding hydrogens is 190 g/mol. The first-order chi connectivity index (χ1) is 7.38. The standard InChI is InChI=1S/C11H11N3O/c12-6-9-5-10(8-13-7-9)15-11-3-1-2-4-14-11/h1-5,7-8H,6,12H2. The first-order valence-corrected chi connectivity index (χ1v) is 4.61. The zero-order valence-corrected chi connectivity index (χ0v) is 8.13. The van der Waals surface area contributed by atoms with E-state index >= 15 is 0 Å². The SMILES string of the molecule is NCc1cncc(Oc2ccccn2)c1. The van der Waals surface area contributed by atoms with Gasteiger partial charge in [-0.3, -0.25) is 4.98 Å². The average Bonchev–Trinajstić information content (AvgIpc) is 2.31.